The average Bonchev–Trinajstić information content (AvgIpc) is 3.44. The van der Waals surface area contributed by atoms with Crippen molar-refractivity contribution in [2.24, 2.45) is 0 Å². The van der Waals surface area contributed by atoms with Gasteiger partial charge in [0.25, 0.3) is 0 Å². The van der Waals surface area contributed by atoms with Gasteiger partial charge in [-0.05, 0) is 47.9 Å². The van der Waals surface area contributed by atoms with Gasteiger partial charge in [0.05, 0.1) is 23.6 Å². The Kier molecular flexibility index (Phi) is 5.30. The number of carbonyl (C=O) groups is 2. The highest BCUT2D eigenvalue weighted by Crippen LogP contribution is 2.35. The van der Waals surface area contributed by atoms with Crippen molar-refractivity contribution in [2.75, 3.05) is 10.6 Å². The fraction of sp³-hybridized carbons (Fsp3) is 0.182. The van der Waals surface area contributed by atoms with Crippen molar-refractivity contribution in [3.8, 4) is 11.1 Å². The normalized spacial score (nSPS) is 12.2. The number of aromatic nitrogens is 4. The number of pyridine rings is 1. The van der Waals surface area contributed by atoms with Crippen LogP contribution in [0.25, 0.3) is 27.7 Å². The molecule has 1 aliphatic rings. The lowest BCUT2D eigenvalue weighted by Crippen LogP contribution is -2.08. The van der Waals surface area contributed by atoms with Gasteiger partial charge in [-0.3, -0.25) is 14.7 Å². The first-order valence-corrected chi connectivity index (χ1v) is 9.70. The van der Waals surface area contributed by atoms with Gasteiger partial charge in [-0.25, -0.2) is 4.98 Å². The second kappa shape index (κ2) is 8.20. The standard InChI is InChI=1S/C19H16N6O2.C3H6/c1-3-17(27)22-14-6-11(2)18(13-7-21-24-19(13)14)12-4-5-16-23-15(20-10-26)9-25(16)8-12;1-2-3-1/h3-10H,1H2,2H3,(H,20,26)(H,21,24)(H,22,27);1-3H2. The molecule has 0 bridgehead atoms. The Labute approximate surface area is 173 Å². The van der Waals surface area contributed by atoms with Crippen LogP contribution in [0.1, 0.15) is 24.8 Å². The molecule has 152 valence electrons. The first-order chi connectivity index (χ1) is 14.6. The molecule has 4 aromatic rings. The lowest BCUT2D eigenvalue weighted by Gasteiger charge is -2.12. The minimum absolute atomic E-state index is 0.284. The van der Waals surface area contributed by atoms with Gasteiger partial charge >= 0.3 is 0 Å². The number of imidazole rings is 1. The molecule has 3 heterocycles. The minimum atomic E-state index is -0.284. The van der Waals surface area contributed by atoms with Crippen molar-refractivity contribution in [3.05, 3.63) is 55.0 Å². The van der Waals surface area contributed by atoms with Gasteiger partial charge in [-0.15, -0.1) is 0 Å². The molecule has 2 amide bonds. The monoisotopic (exact) mass is 402 g/mol. The summed E-state index contributed by atoms with van der Waals surface area (Å²) in [6.45, 7) is 5.46. The van der Waals surface area contributed by atoms with Gasteiger partial charge in [0.2, 0.25) is 12.3 Å². The van der Waals surface area contributed by atoms with Crippen LogP contribution in [0, 0.1) is 6.92 Å². The number of nitrogens with one attached hydrogen (secondary N) is 3. The van der Waals surface area contributed by atoms with E-state index in [9.17, 15) is 9.59 Å². The Morgan fingerprint density at radius 3 is 2.77 bits per heavy atom. The van der Waals surface area contributed by atoms with Gasteiger partial charge in [-0.2, -0.15) is 5.10 Å². The van der Waals surface area contributed by atoms with E-state index < -0.39 is 0 Å². The van der Waals surface area contributed by atoms with Gasteiger partial charge < -0.3 is 15.0 Å². The summed E-state index contributed by atoms with van der Waals surface area (Å²) in [7, 11) is 0. The van der Waals surface area contributed by atoms with E-state index in [4.69, 9.17) is 0 Å². The molecule has 8 heteroatoms. The van der Waals surface area contributed by atoms with E-state index >= 15 is 0 Å². The first-order valence-electron chi connectivity index (χ1n) is 9.70. The number of benzene rings is 1. The summed E-state index contributed by atoms with van der Waals surface area (Å²) in [5, 5.41) is 13.3. The molecule has 1 saturated carbocycles. The number of aromatic amines is 1. The van der Waals surface area contributed by atoms with Crippen LogP contribution in [0.4, 0.5) is 11.5 Å². The fourth-order valence-corrected chi connectivity index (χ4v) is 3.19. The van der Waals surface area contributed by atoms with E-state index in [1.54, 1.807) is 12.4 Å². The third kappa shape index (κ3) is 3.93. The number of rotatable bonds is 5. The number of aryl methyl sites for hydroxylation is 1. The van der Waals surface area contributed by atoms with Crippen molar-refractivity contribution in [3.63, 3.8) is 0 Å². The predicted octanol–water partition coefficient (Wildman–Crippen LogP) is 4.05. The highest BCUT2D eigenvalue weighted by atomic mass is 16.1. The third-order valence-corrected chi connectivity index (χ3v) is 4.68. The van der Waals surface area contributed by atoms with E-state index in [-0.39, 0.29) is 5.91 Å². The highest BCUT2D eigenvalue weighted by Gasteiger charge is 2.15. The van der Waals surface area contributed by atoms with E-state index in [0.717, 1.165) is 33.2 Å². The summed E-state index contributed by atoms with van der Waals surface area (Å²) < 4.78 is 1.85. The Balaban J connectivity index is 0.000000667. The Bertz CT molecular complexity index is 1250. The molecule has 0 aliphatic heterocycles. The van der Waals surface area contributed by atoms with Crippen LogP contribution in [0.2, 0.25) is 0 Å². The number of fused-ring (bicyclic) bond motifs is 2. The van der Waals surface area contributed by atoms with Crippen LogP contribution in [0.15, 0.2) is 49.4 Å². The molecule has 0 saturated heterocycles. The zero-order valence-electron chi connectivity index (χ0n) is 16.6. The molecule has 3 N–H and O–H groups in total. The summed E-state index contributed by atoms with van der Waals surface area (Å²) in [6, 6.07) is 5.74. The predicted molar refractivity (Wildman–Crippen MR) is 117 cm³/mol. The molecular weight excluding hydrogens is 380 g/mol. The number of hydrogen-bond acceptors (Lipinski definition) is 4. The third-order valence-electron chi connectivity index (χ3n) is 4.68. The van der Waals surface area contributed by atoms with Crippen molar-refractivity contribution in [1.29, 1.82) is 0 Å². The Morgan fingerprint density at radius 1 is 1.27 bits per heavy atom. The Morgan fingerprint density at radius 2 is 2.07 bits per heavy atom. The summed E-state index contributed by atoms with van der Waals surface area (Å²) >= 11 is 0. The van der Waals surface area contributed by atoms with Crippen LogP contribution in [-0.4, -0.2) is 31.9 Å². The molecule has 1 fully saturated rings. The van der Waals surface area contributed by atoms with Crippen molar-refractivity contribution >= 4 is 40.4 Å². The van der Waals surface area contributed by atoms with E-state index in [1.807, 2.05) is 35.7 Å². The number of anilines is 2. The zero-order chi connectivity index (χ0) is 21.1. The summed E-state index contributed by atoms with van der Waals surface area (Å²) in [5.74, 6) is 0.197. The second-order valence-corrected chi connectivity index (χ2v) is 7.10. The summed E-state index contributed by atoms with van der Waals surface area (Å²) in [5.41, 5.74) is 5.04. The molecule has 0 unspecified atom stereocenters. The molecule has 3 aromatic heterocycles. The Hall–Kier alpha value is -3.94. The van der Waals surface area contributed by atoms with Crippen molar-refractivity contribution in [2.45, 2.75) is 26.2 Å². The molecule has 0 spiro atoms. The fourth-order valence-electron chi connectivity index (χ4n) is 3.19. The number of H-pyrrole nitrogens is 1. The van der Waals surface area contributed by atoms with Crippen LogP contribution < -0.4 is 10.6 Å². The van der Waals surface area contributed by atoms with E-state index in [2.05, 4.69) is 32.4 Å². The summed E-state index contributed by atoms with van der Waals surface area (Å²) in [6.07, 6.45) is 11.7. The number of nitrogens with zero attached hydrogens (tertiary/aromatic N) is 3. The smallest absolute Gasteiger partial charge is 0.247 e. The minimum Gasteiger partial charge on any atom is -0.321 e. The zero-order valence-corrected chi connectivity index (χ0v) is 16.6. The molecular formula is C22H22N6O2. The van der Waals surface area contributed by atoms with Crippen LogP contribution in [0.5, 0.6) is 0 Å². The molecule has 1 aromatic carbocycles. The SMILES string of the molecule is C1CC1.C=CC(=O)Nc1cc(C)c(-c2ccc3nc(NC=O)cn3c2)c2cn[nH]c12. The molecule has 0 radical (unpaired) electrons. The maximum atomic E-state index is 11.7. The van der Waals surface area contributed by atoms with E-state index in [0.29, 0.717) is 17.9 Å². The van der Waals surface area contributed by atoms with Crippen molar-refractivity contribution in [1.82, 2.24) is 19.6 Å². The van der Waals surface area contributed by atoms with Crippen LogP contribution >= 0.6 is 0 Å². The maximum absolute atomic E-state index is 11.7. The maximum Gasteiger partial charge on any atom is 0.247 e. The number of hydrogen-bond donors (Lipinski definition) is 3. The molecule has 8 nitrogen and oxygen atoms in total. The van der Waals surface area contributed by atoms with E-state index in [1.165, 1.54) is 25.3 Å². The molecule has 0 atom stereocenters. The molecule has 30 heavy (non-hydrogen) atoms. The van der Waals surface area contributed by atoms with Gasteiger partial charge in [0.1, 0.15) is 5.65 Å². The topological polar surface area (TPSA) is 104 Å². The first kappa shape index (κ1) is 19.4. The highest BCUT2D eigenvalue weighted by molar-refractivity contribution is 6.08. The largest absolute Gasteiger partial charge is 0.321 e. The number of carbonyl (C=O) groups excluding carboxylic acids is 2. The number of amides is 2. The van der Waals surface area contributed by atoms with Crippen LogP contribution in [0.3, 0.4) is 0 Å². The molecule has 1 aliphatic carbocycles. The lowest BCUT2D eigenvalue weighted by atomic mass is 9.97. The summed E-state index contributed by atoms with van der Waals surface area (Å²) in [4.78, 5) is 26.6. The molecule has 5 rings (SSSR count). The van der Waals surface area contributed by atoms with Gasteiger partial charge in [-0.1, -0.05) is 25.8 Å². The van der Waals surface area contributed by atoms with Crippen molar-refractivity contribution < 1.29 is 9.59 Å². The average molecular weight is 402 g/mol. The van der Waals surface area contributed by atoms with Gasteiger partial charge in [0.15, 0.2) is 5.82 Å². The quantitative estimate of drug-likeness (QED) is 0.346. The van der Waals surface area contributed by atoms with Crippen LogP contribution in [-0.2, 0) is 9.59 Å². The lowest BCUT2D eigenvalue weighted by molar-refractivity contribution is -0.112. The second-order valence-electron chi connectivity index (χ2n) is 7.10. The van der Waals surface area contributed by atoms with Gasteiger partial charge in [0, 0.05) is 11.6 Å².